The molecule has 4 heteroatoms. The zero-order valence-electron chi connectivity index (χ0n) is 10.7. The average molecular weight is 258 g/mol. The van der Waals surface area contributed by atoms with Crippen molar-refractivity contribution in [2.24, 2.45) is 0 Å². The van der Waals surface area contributed by atoms with Gasteiger partial charge in [0.1, 0.15) is 5.75 Å². The minimum absolute atomic E-state index is 0.134. The molecule has 0 aliphatic heterocycles. The Balaban J connectivity index is 2.14. The zero-order valence-corrected chi connectivity index (χ0v) is 11.5. The van der Waals surface area contributed by atoms with Crippen molar-refractivity contribution in [1.82, 2.24) is 0 Å². The van der Waals surface area contributed by atoms with Crippen LogP contribution in [0.4, 0.5) is 0 Å². The monoisotopic (exact) mass is 258 g/mol. The number of thiophene rings is 1. The quantitative estimate of drug-likeness (QED) is 0.473. The lowest BCUT2D eigenvalue weighted by atomic mass is 10.3. The molecule has 0 amide bonds. The summed E-state index contributed by atoms with van der Waals surface area (Å²) < 4.78 is 16.7. The molecule has 0 aliphatic rings. The second kappa shape index (κ2) is 9.45. The largest absolute Gasteiger partial charge is 0.493 e. The van der Waals surface area contributed by atoms with Gasteiger partial charge in [0.15, 0.2) is 6.29 Å². The lowest BCUT2D eigenvalue weighted by Gasteiger charge is -2.17. The fraction of sp³-hybridized carbons (Fsp3) is 0.692. The second-order valence-corrected chi connectivity index (χ2v) is 4.49. The van der Waals surface area contributed by atoms with Crippen LogP contribution in [0.25, 0.3) is 0 Å². The van der Waals surface area contributed by atoms with E-state index in [1.54, 1.807) is 11.3 Å². The van der Waals surface area contributed by atoms with Crippen LogP contribution < -0.4 is 4.74 Å². The molecule has 17 heavy (non-hydrogen) atoms. The molecule has 3 nitrogen and oxygen atoms in total. The first kappa shape index (κ1) is 14.5. The molecule has 98 valence electrons. The van der Waals surface area contributed by atoms with Crippen LogP contribution in [-0.4, -0.2) is 26.1 Å². The van der Waals surface area contributed by atoms with Crippen LogP contribution >= 0.6 is 11.3 Å². The van der Waals surface area contributed by atoms with Crippen LogP contribution in [0, 0.1) is 0 Å². The molecular weight excluding hydrogens is 236 g/mol. The fourth-order valence-electron chi connectivity index (χ4n) is 1.37. The van der Waals surface area contributed by atoms with Crippen molar-refractivity contribution in [3.8, 4) is 5.75 Å². The molecule has 0 N–H and O–H groups in total. The van der Waals surface area contributed by atoms with Gasteiger partial charge in [-0.3, -0.25) is 0 Å². The van der Waals surface area contributed by atoms with Gasteiger partial charge in [-0.1, -0.05) is 13.3 Å². The molecule has 0 saturated heterocycles. The Morgan fingerprint density at radius 1 is 1.24 bits per heavy atom. The van der Waals surface area contributed by atoms with Crippen molar-refractivity contribution in [3.63, 3.8) is 0 Å². The molecule has 1 rings (SSSR count). The van der Waals surface area contributed by atoms with Crippen molar-refractivity contribution in [2.45, 2.75) is 39.4 Å². The highest BCUT2D eigenvalue weighted by atomic mass is 32.1. The van der Waals surface area contributed by atoms with Gasteiger partial charge in [0.2, 0.25) is 0 Å². The predicted molar refractivity (Wildman–Crippen MR) is 70.7 cm³/mol. The van der Waals surface area contributed by atoms with Crippen molar-refractivity contribution in [2.75, 3.05) is 19.8 Å². The number of hydrogen-bond acceptors (Lipinski definition) is 4. The topological polar surface area (TPSA) is 27.7 Å². The van der Waals surface area contributed by atoms with Crippen LogP contribution in [0.3, 0.4) is 0 Å². The molecule has 1 aromatic rings. The molecule has 0 fully saturated rings. The maximum atomic E-state index is 5.64. The summed E-state index contributed by atoms with van der Waals surface area (Å²) in [4.78, 5) is 0. The number of hydrogen-bond donors (Lipinski definition) is 0. The van der Waals surface area contributed by atoms with Crippen molar-refractivity contribution >= 4 is 11.3 Å². The predicted octanol–water partition coefficient (Wildman–Crippen LogP) is 3.70. The van der Waals surface area contributed by atoms with Gasteiger partial charge in [-0.2, -0.15) is 0 Å². The van der Waals surface area contributed by atoms with Gasteiger partial charge in [0, 0.05) is 25.0 Å². The van der Waals surface area contributed by atoms with Gasteiger partial charge in [-0.05, 0) is 24.8 Å². The van der Waals surface area contributed by atoms with Crippen LogP contribution in [0.5, 0.6) is 5.75 Å². The average Bonchev–Trinajstić information content (AvgIpc) is 2.82. The third-order valence-corrected chi connectivity index (χ3v) is 2.93. The van der Waals surface area contributed by atoms with E-state index in [-0.39, 0.29) is 6.29 Å². The lowest BCUT2D eigenvalue weighted by molar-refractivity contribution is -0.146. The van der Waals surface area contributed by atoms with Crippen LogP contribution in [0.1, 0.15) is 33.1 Å². The van der Waals surface area contributed by atoms with Crippen LogP contribution in [0.2, 0.25) is 0 Å². The number of rotatable bonds is 10. The normalized spacial score (nSPS) is 12.6. The summed E-state index contributed by atoms with van der Waals surface area (Å²) >= 11 is 1.64. The lowest BCUT2D eigenvalue weighted by Crippen LogP contribution is -2.20. The maximum absolute atomic E-state index is 5.64. The third-order valence-electron chi connectivity index (χ3n) is 2.27. The van der Waals surface area contributed by atoms with E-state index >= 15 is 0 Å². The molecule has 0 aromatic carbocycles. The Labute approximate surface area is 108 Å². The molecule has 1 atom stereocenters. The third kappa shape index (κ3) is 6.66. The number of ether oxygens (including phenoxy) is 3. The van der Waals surface area contributed by atoms with Gasteiger partial charge in [-0.15, -0.1) is 11.3 Å². The van der Waals surface area contributed by atoms with E-state index in [9.17, 15) is 0 Å². The Hall–Kier alpha value is -0.580. The van der Waals surface area contributed by atoms with Crippen LogP contribution in [0.15, 0.2) is 16.8 Å². The first-order valence-electron chi connectivity index (χ1n) is 6.25. The molecule has 0 saturated carbocycles. The van der Waals surface area contributed by atoms with E-state index in [0.29, 0.717) is 13.2 Å². The van der Waals surface area contributed by atoms with Gasteiger partial charge in [-0.25, -0.2) is 0 Å². The van der Waals surface area contributed by atoms with Crippen molar-refractivity contribution in [3.05, 3.63) is 16.8 Å². The molecular formula is C13H22O3S. The first-order valence-corrected chi connectivity index (χ1v) is 7.19. The van der Waals surface area contributed by atoms with E-state index in [2.05, 4.69) is 6.92 Å². The Kier molecular flexibility index (Phi) is 8.05. The van der Waals surface area contributed by atoms with E-state index in [1.807, 2.05) is 23.8 Å². The minimum Gasteiger partial charge on any atom is -0.493 e. The second-order valence-electron chi connectivity index (χ2n) is 3.71. The summed E-state index contributed by atoms with van der Waals surface area (Å²) in [6.07, 6.45) is 2.86. The van der Waals surface area contributed by atoms with Crippen LogP contribution in [-0.2, 0) is 9.47 Å². The van der Waals surface area contributed by atoms with Crippen molar-refractivity contribution < 1.29 is 14.2 Å². The first-order chi connectivity index (χ1) is 8.36. The Bertz CT molecular complexity index is 262. The highest BCUT2D eigenvalue weighted by Gasteiger charge is 2.08. The number of unbranched alkanes of at least 4 members (excludes halogenated alkanes) is 1. The zero-order chi connectivity index (χ0) is 12.3. The summed E-state index contributed by atoms with van der Waals surface area (Å²) in [5.74, 6) is 0.929. The summed E-state index contributed by atoms with van der Waals surface area (Å²) in [5.41, 5.74) is 0. The fourth-order valence-corrected chi connectivity index (χ4v) is 1.94. The standard InChI is InChI=1S/C13H22O3S/c1-3-5-8-16-13(14-4-2)6-9-15-12-7-10-17-11-12/h7,10-11,13H,3-6,8-9H2,1-2H3. The molecule has 1 heterocycles. The Morgan fingerprint density at radius 2 is 2.12 bits per heavy atom. The smallest absolute Gasteiger partial charge is 0.160 e. The summed E-state index contributed by atoms with van der Waals surface area (Å²) in [6.45, 7) is 6.21. The Morgan fingerprint density at radius 3 is 2.76 bits per heavy atom. The minimum atomic E-state index is -0.134. The highest BCUT2D eigenvalue weighted by Crippen LogP contribution is 2.15. The van der Waals surface area contributed by atoms with Gasteiger partial charge < -0.3 is 14.2 Å². The molecule has 0 radical (unpaired) electrons. The molecule has 0 spiro atoms. The van der Waals surface area contributed by atoms with E-state index in [0.717, 1.165) is 31.6 Å². The van der Waals surface area contributed by atoms with E-state index in [1.165, 1.54) is 0 Å². The summed E-state index contributed by atoms with van der Waals surface area (Å²) in [6, 6.07) is 1.97. The van der Waals surface area contributed by atoms with E-state index < -0.39 is 0 Å². The SMILES string of the molecule is CCCCOC(CCOc1ccsc1)OCC. The van der Waals surface area contributed by atoms with Crippen molar-refractivity contribution in [1.29, 1.82) is 0 Å². The summed E-state index contributed by atoms with van der Waals surface area (Å²) in [5, 5.41) is 4.00. The van der Waals surface area contributed by atoms with Gasteiger partial charge >= 0.3 is 0 Å². The molecule has 0 aliphatic carbocycles. The van der Waals surface area contributed by atoms with E-state index in [4.69, 9.17) is 14.2 Å². The molecule has 1 unspecified atom stereocenters. The van der Waals surface area contributed by atoms with Gasteiger partial charge in [0.25, 0.3) is 0 Å². The van der Waals surface area contributed by atoms with Gasteiger partial charge in [0.05, 0.1) is 6.61 Å². The highest BCUT2D eigenvalue weighted by molar-refractivity contribution is 7.08. The molecule has 0 bridgehead atoms. The summed E-state index contributed by atoms with van der Waals surface area (Å²) in [7, 11) is 0. The molecule has 1 aromatic heterocycles. The maximum Gasteiger partial charge on any atom is 0.160 e.